The molecule has 0 radical (unpaired) electrons. The van der Waals surface area contributed by atoms with Gasteiger partial charge >= 0.3 is 0 Å². The highest BCUT2D eigenvalue weighted by atomic mass is 15.3. The number of piperazine rings is 1. The first kappa shape index (κ1) is 18.9. The van der Waals surface area contributed by atoms with Crippen LogP contribution < -0.4 is 14.7 Å². The van der Waals surface area contributed by atoms with E-state index in [-0.39, 0.29) is 0 Å². The summed E-state index contributed by atoms with van der Waals surface area (Å²) in [6, 6.07) is 17.4. The summed E-state index contributed by atoms with van der Waals surface area (Å²) in [5, 5.41) is 0. The number of fused-ring (bicyclic) bond motifs is 1. The Balaban J connectivity index is 1.28. The SMILES string of the molecule is Cc1cccc(N2CCN(c3ccnc(N4CCc5ccccc5C4)n3)CC2)c1C. The minimum atomic E-state index is 0.846. The second kappa shape index (κ2) is 7.98. The molecule has 1 fully saturated rings. The maximum atomic E-state index is 4.94. The van der Waals surface area contributed by atoms with Crippen LogP contribution in [-0.4, -0.2) is 42.7 Å². The van der Waals surface area contributed by atoms with Crippen molar-refractivity contribution in [2.45, 2.75) is 26.8 Å². The van der Waals surface area contributed by atoms with Gasteiger partial charge in [-0.05, 0) is 54.7 Å². The summed E-state index contributed by atoms with van der Waals surface area (Å²) in [4.78, 5) is 16.7. The smallest absolute Gasteiger partial charge is 0.227 e. The molecule has 154 valence electrons. The molecular formula is C25H29N5. The van der Waals surface area contributed by atoms with Gasteiger partial charge in [0.25, 0.3) is 0 Å². The third kappa shape index (κ3) is 3.60. The molecule has 1 aromatic heterocycles. The van der Waals surface area contributed by atoms with Crippen molar-refractivity contribution in [3.63, 3.8) is 0 Å². The first-order chi connectivity index (χ1) is 14.7. The molecule has 2 aliphatic heterocycles. The molecule has 0 spiro atoms. The zero-order chi connectivity index (χ0) is 20.5. The molecule has 5 rings (SSSR count). The number of nitrogens with zero attached hydrogens (tertiary/aromatic N) is 5. The van der Waals surface area contributed by atoms with E-state index >= 15 is 0 Å². The minimum absolute atomic E-state index is 0.846. The van der Waals surface area contributed by atoms with Gasteiger partial charge < -0.3 is 14.7 Å². The summed E-state index contributed by atoms with van der Waals surface area (Å²) in [5.41, 5.74) is 6.96. The first-order valence-electron chi connectivity index (χ1n) is 10.9. The molecule has 0 bridgehead atoms. The molecule has 2 aliphatic rings. The van der Waals surface area contributed by atoms with Crippen LogP contribution in [0.1, 0.15) is 22.3 Å². The van der Waals surface area contributed by atoms with Crippen molar-refractivity contribution < 1.29 is 0 Å². The maximum absolute atomic E-state index is 4.94. The van der Waals surface area contributed by atoms with Crippen molar-refractivity contribution in [1.29, 1.82) is 0 Å². The molecule has 0 atom stereocenters. The number of hydrogen-bond acceptors (Lipinski definition) is 5. The molecule has 2 aromatic carbocycles. The highest BCUT2D eigenvalue weighted by Gasteiger charge is 2.22. The summed E-state index contributed by atoms with van der Waals surface area (Å²) in [6.45, 7) is 10.3. The Hall–Kier alpha value is -3.08. The molecular weight excluding hydrogens is 370 g/mol. The van der Waals surface area contributed by atoms with Crippen LogP contribution in [0.3, 0.4) is 0 Å². The number of rotatable bonds is 3. The molecule has 3 aromatic rings. The molecule has 0 amide bonds. The molecule has 0 N–H and O–H groups in total. The largest absolute Gasteiger partial charge is 0.368 e. The average Bonchev–Trinajstić information content (AvgIpc) is 2.81. The second-order valence-electron chi connectivity index (χ2n) is 8.35. The summed E-state index contributed by atoms with van der Waals surface area (Å²) in [7, 11) is 0. The highest BCUT2D eigenvalue weighted by Crippen LogP contribution is 2.26. The van der Waals surface area contributed by atoms with Crippen molar-refractivity contribution in [2.24, 2.45) is 0 Å². The van der Waals surface area contributed by atoms with E-state index in [1.165, 1.54) is 27.9 Å². The van der Waals surface area contributed by atoms with Crippen LogP contribution in [-0.2, 0) is 13.0 Å². The fourth-order valence-corrected chi connectivity index (χ4v) is 4.59. The van der Waals surface area contributed by atoms with Gasteiger partial charge in [-0.1, -0.05) is 36.4 Å². The van der Waals surface area contributed by atoms with E-state index in [4.69, 9.17) is 4.98 Å². The van der Waals surface area contributed by atoms with Crippen LogP contribution in [0, 0.1) is 13.8 Å². The Labute approximate surface area is 179 Å². The van der Waals surface area contributed by atoms with E-state index in [2.05, 4.69) is 82.1 Å². The monoisotopic (exact) mass is 399 g/mol. The lowest BCUT2D eigenvalue weighted by atomic mass is 10.0. The van der Waals surface area contributed by atoms with Crippen LogP contribution in [0.25, 0.3) is 0 Å². The van der Waals surface area contributed by atoms with Gasteiger partial charge in [0, 0.05) is 51.2 Å². The molecule has 3 heterocycles. The van der Waals surface area contributed by atoms with E-state index in [9.17, 15) is 0 Å². The predicted octanol–water partition coefficient (Wildman–Crippen LogP) is 3.98. The number of benzene rings is 2. The van der Waals surface area contributed by atoms with Crippen LogP contribution >= 0.6 is 0 Å². The quantitative estimate of drug-likeness (QED) is 0.666. The van der Waals surface area contributed by atoms with E-state index in [0.717, 1.165) is 57.5 Å². The van der Waals surface area contributed by atoms with Crippen molar-refractivity contribution >= 4 is 17.5 Å². The van der Waals surface area contributed by atoms with Gasteiger partial charge in [0.2, 0.25) is 5.95 Å². The molecule has 5 nitrogen and oxygen atoms in total. The van der Waals surface area contributed by atoms with Gasteiger partial charge in [-0.2, -0.15) is 4.98 Å². The van der Waals surface area contributed by atoms with Crippen LogP contribution in [0.15, 0.2) is 54.7 Å². The molecule has 0 aliphatic carbocycles. The number of aromatic nitrogens is 2. The third-order valence-corrected chi connectivity index (χ3v) is 6.56. The van der Waals surface area contributed by atoms with Gasteiger partial charge in [-0.25, -0.2) is 4.98 Å². The fraction of sp³-hybridized carbons (Fsp3) is 0.360. The van der Waals surface area contributed by atoms with E-state index in [1.54, 1.807) is 0 Å². The zero-order valence-corrected chi connectivity index (χ0v) is 17.9. The molecule has 1 saturated heterocycles. The first-order valence-corrected chi connectivity index (χ1v) is 10.9. The highest BCUT2D eigenvalue weighted by molar-refractivity contribution is 5.57. The minimum Gasteiger partial charge on any atom is -0.368 e. The standard InChI is InChI=1S/C25H29N5/c1-19-6-5-9-23(20(19)2)28-14-16-29(17-15-28)24-10-12-26-25(27-24)30-13-11-21-7-3-4-8-22(21)18-30/h3-10,12H,11,13-18H2,1-2H3. The lowest BCUT2D eigenvalue weighted by Gasteiger charge is -2.38. The van der Waals surface area contributed by atoms with Gasteiger partial charge in [-0.3, -0.25) is 0 Å². The topological polar surface area (TPSA) is 35.5 Å². The van der Waals surface area contributed by atoms with E-state index < -0.39 is 0 Å². The van der Waals surface area contributed by atoms with Crippen molar-refractivity contribution in [2.75, 3.05) is 47.4 Å². The number of hydrogen-bond donors (Lipinski definition) is 0. The fourth-order valence-electron chi connectivity index (χ4n) is 4.59. The summed E-state index contributed by atoms with van der Waals surface area (Å²) < 4.78 is 0. The molecule has 0 unspecified atom stereocenters. The van der Waals surface area contributed by atoms with E-state index in [1.807, 2.05) is 6.20 Å². The Kier molecular flexibility index (Phi) is 5.03. The molecule has 0 saturated carbocycles. The Morgan fingerprint density at radius 3 is 2.33 bits per heavy atom. The Morgan fingerprint density at radius 1 is 0.733 bits per heavy atom. The van der Waals surface area contributed by atoms with Crippen molar-refractivity contribution in [3.05, 3.63) is 77.0 Å². The van der Waals surface area contributed by atoms with Gasteiger partial charge in [0.15, 0.2) is 0 Å². The second-order valence-corrected chi connectivity index (χ2v) is 8.35. The van der Waals surface area contributed by atoms with Gasteiger partial charge in [0.1, 0.15) is 5.82 Å². The van der Waals surface area contributed by atoms with Gasteiger partial charge in [-0.15, -0.1) is 0 Å². The number of aryl methyl sites for hydroxylation is 1. The molecule has 30 heavy (non-hydrogen) atoms. The zero-order valence-electron chi connectivity index (χ0n) is 17.9. The Morgan fingerprint density at radius 2 is 1.50 bits per heavy atom. The lowest BCUT2D eigenvalue weighted by molar-refractivity contribution is 0.642. The number of anilines is 3. The summed E-state index contributed by atoms with van der Waals surface area (Å²) in [6.07, 6.45) is 2.97. The van der Waals surface area contributed by atoms with Gasteiger partial charge in [0.05, 0.1) is 0 Å². The normalized spacial score (nSPS) is 16.5. The van der Waals surface area contributed by atoms with Crippen molar-refractivity contribution in [1.82, 2.24) is 9.97 Å². The summed E-state index contributed by atoms with van der Waals surface area (Å²) in [5.74, 6) is 1.89. The van der Waals surface area contributed by atoms with E-state index in [0.29, 0.717) is 0 Å². The Bertz CT molecular complexity index is 1040. The summed E-state index contributed by atoms with van der Waals surface area (Å²) >= 11 is 0. The van der Waals surface area contributed by atoms with Crippen LogP contribution in [0.5, 0.6) is 0 Å². The lowest BCUT2D eigenvalue weighted by Crippen LogP contribution is -2.47. The molecule has 5 heteroatoms. The van der Waals surface area contributed by atoms with Crippen LogP contribution in [0.2, 0.25) is 0 Å². The van der Waals surface area contributed by atoms with Crippen molar-refractivity contribution in [3.8, 4) is 0 Å². The third-order valence-electron chi connectivity index (χ3n) is 6.56. The average molecular weight is 400 g/mol. The predicted molar refractivity (Wildman–Crippen MR) is 124 cm³/mol. The maximum Gasteiger partial charge on any atom is 0.227 e. The van der Waals surface area contributed by atoms with Crippen LogP contribution in [0.4, 0.5) is 17.5 Å².